The molecule has 1 aromatic heterocycles. The molecule has 28 heavy (non-hydrogen) atoms. The van der Waals surface area contributed by atoms with Crippen molar-refractivity contribution in [3.05, 3.63) is 99.5 Å². The van der Waals surface area contributed by atoms with Crippen molar-refractivity contribution in [1.82, 2.24) is 4.98 Å². The van der Waals surface area contributed by atoms with Gasteiger partial charge in [-0.3, -0.25) is 14.4 Å². The molecule has 0 aliphatic rings. The van der Waals surface area contributed by atoms with Crippen LogP contribution in [0.2, 0.25) is 0 Å². The van der Waals surface area contributed by atoms with Gasteiger partial charge in [0.1, 0.15) is 6.61 Å². The number of pyridine rings is 1. The summed E-state index contributed by atoms with van der Waals surface area (Å²) in [5.74, 6) is -1.05. The molecule has 1 heterocycles. The molecule has 0 saturated heterocycles. The van der Waals surface area contributed by atoms with Gasteiger partial charge in [-0.05, 0) is 16.7 Å². The second kappa shape index (κ2) is 8.81. The number of H-pyrrole nitrogens is 1. The quantitative estimate of drug-likeness (QED) is 0.588. The lowest BCUT2D eigenvalue weighted by Gasteiger charge is -2.07. The highest BCUT2D eigenvalue weighted by Crippen LogP contribution is 2.11. The fourth-order valence-electron chi connectivity index (χ4n) is 2.77. The summed E-state index contributed by atoms with van der Waals surface area (Å²) in [5, 5.41) is 8.87. The Morgan fingerprint density at radius 3 is 2.25 bits per heavy atom. The largest absolute Gasteiger partial charge is 0.483 e. The Hall–Kier alpha value is -3.67. The van der Waals surface area contributed by atoms with Crippen LogP contribution in [0, 0.1) is 0 Å². The Balaban J connectivity index is 1.67. The predicted octanol–water partition coefficient (Wildman–Crippen LogP) is 3.01. The average Bonchev–Trinajstić information content (AvgIpc) is 2.67. The van der Waals surface area contributed by atoms with Gasteiger partial charge in [0.25, 0.3) is 0 Å². The molecular formula is C22H19NO5. The minimum Gasteiger partial charge on any atom is -0.483 e. The highest BCUT2D eigenvalue weighted by molar-refractivity contribution is 5.95. The Kier molecular flexibility index (Phi) is 6.01. The average molecular weight is 377 g/mol. The van der Waals surface area contributed by atoms with Crippen molar-refractivity contribution in [3.8, 4) is 5.75 Å². The van der Waals surface area contributed by atoms with E-state index in [9.17, 15) is 14.4 Å². The maximum atomic E-state index is 12.5. The number of hydrogen-bond donors (Lipinski definition) is 2. The topological polar surface area (TPSA) is 96.5 Å². The molecule has 2 aromatic carbocycles. The third-order valence-electron chi connectivity index (χ3n) is 4.13. The van der Waals surface area contributed by atoms with Crippen LogP contribution in [0.1, 0.15) is 27.2 Å². The van der Waals surface area contributed by atoms with Crippen LogP contribution in [0.5, 0.6) is 5.75 Å². The number of nitrogens with one attached hydrogen (secondary N) is 1. The number of carbonyl (C=O) groups excluding carboxylic acids is 1. The minimum atomic E-state index is -0.932. The fourth-order valence-corrected chi connectivity index (χ4v) is 2.77. The highest BCUT2D eigenvalue weighted by Gasteiger charge is 2.12. The monoisotopic (exact) mass is 377 g/mol. The van der Waals surface area contributed by atoms with Crippen molar-refractivity contribution in [2.75, 3.05) is 0 Å². The number of Topliss-reactive ketones (excluding diaryl/α,β-unsaturated/α-hetero) is 1. The number of carboxylic acid groups (broad SMARTS) is 1. The van der Waals surface area contributed by atoms with Gasteiger partial charge < -0.3 is 14.8 Å². The van der Waals surface area contributed by atoms with Gasteiger partial charge >= 0.3 is 5.97 Å². The lowest BCUT2D eigenvalue weighted by molar-refractivity contribution is -0.136. The Morgan fingerprint density at radius 2 is 1.57 bits per heavy atom. The molecule has 0 fully saturated rings. The lowest BCUT2D eigenvalue weighted by Crippen LogP contribution is -2.14. The predicted molar refractivity (Wildman–Crippen MR) is 104 cm³/mol. The number of aromatic nitrogens is 1. The zero-order valence-corrected chi connectivity index (χ0v) is 15.1. The third kappa shape index (κ3) is 5.17. The Morgan fingerprint density at radius 1 is 0.893 bits per heavy atom. The first-order valence-electron chi connectivity index (χ1n) is 8.73. The van der Waals surface area contributed by atoms with E-state index in [2.05, 4.69) is 4.98 Å². The molecule has 0 atom stereocenters. The summed E-state index contributed by atoms with van der Waals surface area (Å²) in [6.07, 6.45) is 1.35. The summed E-state index contributed by atoms with van der Waals surface area (Å²) < 4.78 is 5.52. The molecule has 3 rings (SSSR count). The van der Waals surface area contributed by atoms with Gasteiger partial charge in [0.05, 0.1) is 12.1 Å². The molecule has 6 nitrogen and oxygen atoms in total. The van der Waals surface area contributed by atoms with Crippen LogP contribution < -0.4 is 10.2 Å². The number of carboxylic acids is 1. The van der Waals surface area contributed by atoms with E-state index in [0.29, 0.717) is 11.1 Å². The van der Waals surface area contributed by atoms with Crippen LogP contribution in [-0.2, 0) is 24.2 Å². The Bertz CT molecular complexity index is 1040. The molecule has 0 amide bonds. The van der Waals surface area contributed by atoms with Crippen molar-refractivity contribution >= 4 is 11.8 Å². The van der Waals surface area contributed by atoms with E-state index >= 15 is 0 Å². The lowest BCUT2D eigenvalue weighted by atomic mass is 10.0. The smallest absolute Gasteiger partial charge is 0.307 e. The van der Waals surface area contributed by atoms with Crippen LogP contribution in [0.25, 0.3) is 0 Å². The molecule has 0 saturated carbocycles. The minimum absolute atomic E-state index is 0.0631. The van der Waals surface area contributed by atoms with Crippen molar-refractivity contribution in [2.45, 2.75) is 19.4 Å². The van der Waals surface area contributed by atoms with Gasteiger partial charge in [0.15, 0.2) is 11.5 Å². The molecule has 0 bridgehead atoms. The molecule has 6 heteroatoms. The molecule has 142 valence electrons. The van der Waals surface area contributed by atoms with E-state index in [1.165, 1.54) is 12.3 Å². The number of carbonyl (C=O) groups is 2. The van der Waals surface area contributed by atoms with Crippen LogP contribution in [0.15, 0.2) is 71.7 Å². The molecule has 0 aliphatic heterocycles. The maximum absolute atomic E-state index is 12.5. The van der Waals surface area contributed by atoms with Gasteiger partial charge in [-0.1, -0.05) is 54.6 Å². The maximum Gasteiger partial charge on any atom is 0.307 e. The zero-order chi connectivity index (χ0) is 19.9. The summed E-state index contributed by atoms with van der Waals surface area (Å²) in [6, 6.07) is 17.5. The van der Waals surface area contributed by atoms with Crippen LogP contribution in [0.3, 0.4) is 0 Å². The summed E-state index contributed by atoms with van der Waals surface area (Å²) in [6.45, 7) is 0.258. The summed E-state index contributed by atoms with van der Waals surface area (Å²) in [7, 11) is 0. The van der Waals surface area contributed by atoms with Crippen LogP contribution in [0.4, 0.5) is 0 Å². The summed E-state index contributed by atoms with van der Waals surface area (Å²) >= 11 is 0. The van der Waals surface area contributed by atoms with Crippen molar-refractivity contribution in [1.29, 1.82) is 0 Å². The number of ether oxygens (including phenoxy) is 1. The summed E-state index contributed by atoms with van der Waals surface area (Å²) in [5.41, 5.74) is 2.05. The molecule has 0 radical (unpaired) electrons. The third-order valence-corrected chi connectivity index (χ3v) is 4.13. The van der Waals surface area contributed by atoms with Crippen molar-refractivity contribution in [2.24, 2.45) is 0 Å². The number of benzene rings is 2. The second-order valence-electron chi connectivity index (χ2n) is 6.34. The molecule has 2 N–H and O–H groups in total. The first kappa shape index (κ1) is 19.1. The molecule has 0 aliphatic carbocycles. The van der Waals surface area contributed by atoms with E-state index in [-0.39, 0.29) is 42.1 Å². The van der Waals surface area contributed by atoms with Gasteiger partial charge in [0.2, 0.25) is 5.43 Å². The van der Waals surface area contributed by atoms with Crippen molar-refractivity contribution in [3.63, 3.8) is 0 Å². The van der Waals surface area contributed by atoms with E-state index in [1.54, 1.807) is 24.3 Å². The van der Waals surface area contributed by atoms with Crippen molar-refractivity contribution < 1.29 is 19.4 Å². The number of aromatic amines is 1. The van der Waals surface area contributed by atoms with Gasteiger partial charge in [-0.15, -0.1) is 0 Å². The first-order chi connectivity index (χ1) is 13.5. The molecule has 3 aromatic rings. The van der Waals surface area contributed by atoms with Crippen LogP contribution >= 0.6 is 0 Å². The molecule has 0 unspecified atom stereocenters. The normalized spacial score (nSPS) is 10.4. The standard InChI is InChI=1S/C22H19NO5/c24-19(10-16-7-4-8-17(9-16)11-22(26)27)18-12-20(25)21(13-23-18)28-14-15-5-2-1-3-6-15/h1-9,12-13H,10-11,14H2,(H,23,25)(H,26,27). The second-order valence-corrected chi connectivity index (χ2v) is 6.34. The van der Waals surface area contributed by atoms with Gasteiger partial charge in [0, 0.05) is 18.7 Å². The Labute approximate surface area is 161 Å². The number of rotatable bonds is 8. The molecular weight excluding hydrogens is 358 g/mol. The van der Waals surface area contributed by atoms with E-state index in [1.807, 2.05) is 30.3 Å². The number of ketones is 1. The molecule has 0 spiro atoms. The van der Waals surface area contributed by atoms with Gasteiger partial charge in [-0.25, -0.2) is 0 Å². The zero-order valence-electron chi connectivity index (χ0n) is 15.1. The summed E-state index contributed by atoms with van der Waals surface area (Å²) in [4.78, 5) is 38.3. The number of hydrogen-bond acceptors (Lipinski definition) is 4. The van der Waals surface area contributed by atoms with E-state index in [4.69, 9.17) is 9.84 Å². The number of aliphatic carboxylic acids is 1. The first-order valence-corrected chi connectivity index (χ1v) is 8.73. The van der Waals surface area contributed by atoms with Gasteiger partial charge in [-0.2, -0.15) is 0 Å². The fraction of sp³-hybridized carbons (Fsp3) is 0.136. The SMILES string of the molecule is O=C(O)Cc1cccc(CC(=O)c2cc(=O)c(OCc3ccccc3)c[nH]2)c1. The van der Waals surface area contributed by atoms with E-state index < -0.39 is 5.97 Å². The highest BCUT2D eigenvalue weighted by atomic mass is 16.5. The van der Waals surface area contributed by atoms with E-state index in [0.717, 1.165) is 5.56 Å². The van der Waals surface area contributed by atoms with Crippen LogP contribution in [-0.4, -0.2) is 21.8 Å².